The van der Waals surface area contributed by atoms with E-state index in [4.69, 9.17) is 9.47 Å². The highest BCUT2D eigenvalue weighted by molar-refractivity contribution is 7.20. The number of fused-ring (bicyclic) bond motifs is 1. The minimum Gasteiger partial charge on any atom is -0.497 e. The van der Waals surface area contributed by atoms with Crippen LogP contribution in [0, 0.1) is 5.82 Å². The third-order valence-corrected chi connectivity index (χ3v) is 5.00. The summed E-state index contributed by atoms with van der Waals surface area (Å²) >= 11 is 1.20. The van der Waals surface area contributed by atoms with Crippen molar-refractivity contribution in [3.05, 3.63) is 64.8 Å². The van der Waals surface area contributed by atoms with Gasteiger partial charge in [0.1, 0.15) is 16.4 Å². The number of hydrogen-bond donors (Lipinski definition) is 1. The van der Waals surface area contributed by atoms with Gasteiger partial charge in [-0.3, -0.25) is 4.79 Å². The van der Waals surface area contributed by atoms with Crippen molar-refractivity contribution >= 4 is 33.3 Å². The maximum atomic E-state index is 13.2. The van der Waals surface area contributed by atoms with Gasteiger partial charge in [0.05, 0.1) is 7.11 Å². The van der Waals surface area contributed by atoms with Gasteiger partial charge in [0.2, 0.25) is 0 Å². The van der Waals surface area contributed by atoms with Gasteiger partial charge < -0.3 is 14.8 Å². The molecule has 140 valence electrons. The molecule has 1 amide bonds. The number of rotatable bonds is 7. The first-order valence-electron chi connectivity index (χ1n) is 8.31. The van der Waals surface area contributed by atoms with Crippen molar-refractivity contribution in [2.24, 2.45) is 0 Å². The van der Waals surface area contributed by atoms with Gasteiger partial charge in [0.25, 0.3) is 5.91 Å². The fourth-order valence-electron chi connectivity index (χ4n) is 2.51. The predicted molar refractivity (Wildman–Crippen MR) is 102 cm³/mol. The number of ether oxygens (including phenoxy) is 2. The molecule has 0 saturated carbocycles. The van der Waals surface area contributed by atoms with Crippen LogP contribution >= 0.6 is 11.3 Å². The smallest absolute Gasteiger partial charge is 0.348 e. The van der Waals surface area contributed by atoms with Gasteiger partial charge in [-0.25, -0.2) is 9.18 Å². The van der Waals surface area contributed by atoms with E-state index in [1.165, 1.54) is 23.5 Å². The lowest BCUT2D eigenvalue weighted by Crippen LogP contribution is -2.30. The third kappa shape index (κ3) is 5.04. The Morgan fingerprint density at radius 3 is 2.63 bits per heavy atom. The van der Waals surface area contributed by atoms with Gasteiger partial charge in [0.15, 0.2) is 6.61 Å². The quantitative estimate of drug-likeness (QED) is 0.630. The van der Waals surface area contributed by atoms with Crippen molar-refractivity contribution in [2.75, 3.05) is 20.3 Å². The maximum absolute atomic E-state index is 13.2. The Kier molecular flexibility index (Phi) is 6.03. The van der Waals surface area contributed by atoms with Crippen LogP contribution in [0.5, 0.6) is 5.75 Å². The average molecular weight is 387 g/mol. The lowest BCUT2D eigenvalue weighted by molar-refractivity contribution is -0.124. The van der Waals surface area contributed by atoms with Crippen LogP contribution in [0.2, 0.25) is 0 Å². The van der Waals surface area contributed by atoms with E-state index < -0.39 is 5.97 Å². The van der Waals surface area contributed by atoms with Crippen LogP contribution in [0.1, 0.15) is 15.2 Å². The van der Waals surface area contributed by atoms with Gasteiger partial charge in [0, 0.05) is 11.2 Å². The molecule has 1 N–H and O–H groups in total. The summed E-state index contributed by atoms with van der Waals surface area (Å²) in [5, 5.41) is 3.34. The molecule has 0 unspecified atom stereocenters. The number of halogens is 1. The van der Waals surface area contributed by atoms with Gasteiger partial charge in [-0.15, -0.1) is 11.3 Å². The first-order chi connectivity index (χ1) is 13.0. The fraction of sp³-hybridized carbons (Fsp3) is 0.200. The summed E-state index contributed by atoms with van der Waals surface area (Å²) in [6, 6.07) is 13.4. The van der Waals surface area contributed by atoms with Crippen LogP contribution < -0.4 is 10.1 Å². The van der Waals surface area contributed by atoms with Gasteiger partial charge in [-0.05, 0) is 53.8 Å². The van der Waals surface area contributed by atoms with Crippen molar-refractivity contribution in [1.82, 2.24) is 5.32 Å². The fourth-order valence-corrected chi connectivity index (χ4v) is 3.44. The van der Waals surface area contributed by atoms with E-state index >= 15 is 0 Å². The second kappa shape index (κ2) is 8.64. The van der Waals surface area contributed by atoms with Gasteiger partial charge in [-0.2, -0.15) is 0 Å². The molecule has 1 heterocycles. The minimum absolute atomic E-state index is 0.335. The standard InChI is InChI=1S/C20H18FNO4S/c1-25-16-5-2-13(3-6-16)8-9-22-19(23)12-26-20(24)18-11-14-10-15(21)4-7-17(14)27-18/h2-7,10-11H,8-9,12H2,1H3,(H,22,23). The van der Waals surface area contributed by atoms with Gasteiger partial charge >= 0.3 is 5.97 Å². The Morgan fingerprint density at radius 2 is 1.89 bits per heavy atom. The lowest BCUT2D eigenvalue weighted by atomic mass is 10.1. The number of carbonyl (C=O) groups is 2. The van der Waals surface area contributed by atoms with E-state index in [1.807, 2.05) is 24.3 Å². The molecule has 7 heteroatoms. The third-order valence-electron chi connectivity index (χ3n) is 3.91. The van der Waals surface area contributed by atoms with Crippen molar-refractivity contribution in [3.8, 4) is 5.75 Å². The first-order valence-corrected chi connectivity index (χ1v) is 9.12. The summed E-state index contributed by atoms with van der Waals surface area (Å²) in [7, 11) is 1.60. The van der Waals surface area contributed by atoms with Crippen LogP contribution in [0.3, 0.4) is 0 Å². The van der Waals surface area contributed by atoms with Gasteiger partial charge in [-0.1, -0.05) is 12.1 Å². The topological polar surface area (TPSA) is 64.6 Å². The zero-order valence-corrected chi connectivity index (χ0v) is 15.5. The average Bonchev–Trinajstić information content (AvgIpc) is 3.10. The van der Waals surface area contributed by atoms with Crippen LogP contribution in [0.4, 0.5) is 4.39 Å². The predicted octanol–water partition coefficient (Wildman–Crippen LogP) is 3.56. The van der Waals surface area contributed by atoms with E-state index in [0.29, 0.717) is 23.2 Å². The van der Waals surface area contributed by atoms with Crippen molar-refractivity contribution in [2.45, 2.75) is 6.42 Å². The first kappa shape index (κ1) is 18.8. The zero-order valence-electron chi connectivity index (χ0n) is 14.7. The molecule has 0 spiro atoms. The summed E-state index contributed by atoms with van der Waals surface area (Å²) in [6.07, 6.45) is 0.658. The molecule has 0 radical (unpaired) electrons. The van der Waals surface area contributed by atoms with E-state index in [-0.39, 0.29) is 18.3 Å². The number of benzene rings is 2. The molecule has 3 aromatic rings. The van der Waals surface area contributed by atoms with Crippen LogP contribution in [0.25, 0.3) is 10.1 Å². The molecule has 0 bridgehead atoms. The second-order valence-electron chi connectivity index (χ2n) is 5.82. The van der Waals surface area contributed by atoms with Crippen LogP contribution in [0.15, 0.2) is 48.5 Å². The Labute approximate surface area is 159 Å². The Balaban J connectivity index is 1.44. The summed E-state index contributed by atoms with van der Waals surface area (Å²) in [5.41, 5.74) is 1.06. The zero-order chi connectivity index (χ0) is 19.2. The molecule has 1 aromatic heterocycles. The van der Waals surface area contributed by atoms with Crippen molar-refractivity contribution < 1.29 is 23.5 Å². The molecular weight excluding hydrogens is 369 g/mol. The normalized spacial score (nSPS) is 10.6. The number of esters is 1. The Bertz CT molecular complexity index is 952. The number of thiophene rings is 1. The van der Waals surface area contributed by atoms with E-state index in [1.54, 1.807) is 19.2 Å². The SMILES string of the molecule is COc1ccc(CCNC(=O)COC(=O)c2cc3cc(F)ccc3s2)cc1. The monoisotopic (exact) mass is 387 g/mol. The molecule has 27 heavy (non-hydrogen) atoms. The molecule has 0 aliphatic carbocycles. The summed E-state index contributed by atoms with van der Waals surface area (Å²) in [4.78, 5) is 24.2. The minimum atomic E-state index is -0.595. The van der Waals surface area contributed by atoms with Crippen molar-refractivity contribution in [1.29, 1.82) is 0 Å². The molecule has 0 aliphatic rings. The molecule has 0 atom stereocenters. The number of amides is 1. The highest BCUT2D eigenvalue weighted by Crippen LogP contribution is 2.26. The van der Waals surface area contributed by atoms with E-state index in [2.05, 4.69) is 5.32 Å². The second-order valence-corrected chi connectivity index (χ2v) is 6.90. The molecule has 0 aliphatic heterocycles. The summed E-state index contributed by atoms with van der Waals surface area (Å²) in [5.74, 6) is -0.555. The van der Waals surface area contributed by atoms with E-state index in [9.17, 15) is 14.0 Å². The number of methoxy groups -OCH3 is 1. The molecular formula is C20H18FNO4S. The molecule has 2 aromatic carbocycles. The molecule has 3 rings (SSSR count). The molecule has 5 nitrogen and oxygen atoms in total. The number of carbonyl (C=O) groups excluding carboxylic acids is 2. The molecule has 0 fully saturated rings. The Morgan fingerprint density at radius 1 is 1.11 bits per heavy atom. The number of hydrogen-bond acceptors (Lipinski definition) is 5. The highest BCUT2D eigenvalue weighted by atomic mass is 32.1. The van der Waals surface area contributed by atoms with E-state index in [0.717, 1.165) is 16.0 Å². The lowest BCUT2D eigenvalue weighted by Gasteiger charge is -2.06. The number of nitrogens with one attached hydrogen (secondary N) is 1. The summed E-state index contributed by atoms with van der Waals surface area (Å²) < 4.78 is 24.1. The largest absolute Gasteiger partial charge is 0.497 e. The Hall–Kier alpha value is -2.93. The van der Waals surface area contributed by atoms with Crippen molar-refractivity contribution in [3.63, 3.8) is 0 Å². The van der Waals surface area contributed by atoms with Crippen LogP contribution in [-0.4, -0.2) is 32.1 Å². The maximum Gasteiger partial charge on any atom is 0.348 e. The highest BCUT2D eigenvalue weighted by Gasteiger charge is 2.14. The van der Waals surface area contributed by atoms with Crippen LogP contribution in [-0.2, 0) is 16.0 Å². The summed E-state index contributed by atoms with van der Waals surface area (Å²) in [6.45, 7) is 0.0783. The molecule has 0 saturated heterocycles.